The second-order valence-electron chi connectivity index (χ2n) is 14.3. The van der Waals surface area contributed by atoms with Crippen LogP contribution in [-0.4, -0.2) is 77.4 Å². The highest BCUT2D eigenvalue weighted by atomic mass is 16.8. The fourth-order valence-electron chi connectivity index (χ4n) is 7.43. The Kier molecular flexibility index (Phi) is 12.6. The third-order valence-electron chi connectivity index (χ3n) is 10.5. The highest BCUT2D eigenvalue weighted by molar-refractivity contribution is 5.97. The molecule has 3 N–H and O–H groups in total. The number of amides is 2. The number of ether oxygens (including phenoxy) is 3. The van der Waals surface area contributed by atoms with E-state index in [-0.39, 0.29) is 31.7 Å². The number of likely N-dealkylation sites (N-methyl/N-ethyl adjacent to an activating group) is 1. The lowest BCUT2D eigenvalue weighted by Gasteiger charge is -2.33. The maximum atomic E-state index is 14.5. The number of aromatic hydroxyl groups is 1. The molecule has 0 bridgehead atoms. The second-order valence-corrected chi connectivity index (χ2v) is 14.3. The summed E-state index contributed by atoms with van der Waals surface area (Å²) in [6, 6.07) is 41.7. The molecule has 0 unspecified atom stereocenters. The first kappa shape index (κ1) is 39.9. The van der Waals surface area contributed by atoms with Gasteiger partial charge in [-0.05, 0) is 47.4 Å². The monoisotopic (exact) mass is 778 g/mol. The Morgan fingerprint density at radius 3 is 2.10 bits per heavy atom. The first-order valence-corrected chi connectivity index (χ1v) is 19.4. The van der Waals surface area contributed by atoms with Crippen LogP contribution < -0.4 is 5.32 Å². The molecule has 1 saturated heterocycles. The van der Waals surface area contributed by atoms with Crippen molar-refractivity contribution in [1.29, 1.82) is 0 Å². The highest BCUT2D eigenvalue weighted by Gasteiger charge is 2.55. The number of rotatable bonds is 14. The maximum absolute atomic E-state index is 14.5. The van der Waals surface area contributed by atoms with Crippen molar-refractivity contribution in [2.75, 3.05) is 20.2 Å². The van der Waals surface area contributed by atoms with Gasteiger partial charge in [0.05, 0.1) is 12.2 Å². The van der Waals surface area contributed by atoms with Crippen molar-refractivity contribution in [1.82, 2.24) is 10.2 Å². The number of phenolic OH excluding ortho intramolecular Hbond substituents is 1. The van der Waals surface area contributed by atoms with Gasteiger partial charge in [0.15, 0.2) is 0 Å². The molecule has 2 aliphatic rings. The van der Waals surface area contributed by atoms with Crippen LogP contribution in [0.15, 0.2) is 157 Å². The number of aliphatic hydroxyl groups excluding tert-OH is 1. The van der Waals surface area contributed by atoms with E-state index in [1.807, 2.05) is 127 Å². The van der Waals surface area contributed by atoms with E-state index in [4.69, 9.17) is 14.2 Å². The molecule has 0 radical (unpaired) electrons. The SMILES string of the molecule is CN(C(=O)C1=C[C@H]2OC(c3ccccc3)(c3ccccc3)O[C@H]2[C@H](OC(=O)c2ccc(C=CCc3ccccc3O)cc2)C1)[C@H](Cc1ccccc1)C(=O)NCCO. The van der Waals surface area contributed by atoms with E-state index in [0.717, 1.165) is 27.8 Å². The minimum absolute atomic E-state index is 0.00255. The summed E-state index contributed by atoms with van der Waals surface area (Å²) in [5.41, 5.74) is 4.60. The molecule has 58 heavy (non-hydrogen) atoms. The second kappa shape index (κ2) is 18.3. The van der Waals surface area contributed by atoms with Gasteiger partial charge in [-0.15, -0.1) is 0 Å². The summed E-state index contributed by atoms with van der Waals surface area (Å²) in [7, 11) is 1.57. The minimum atomic E-state index is -1.38. The quantitative estimate of drug-likeness (QED) is 0.111. The van der Waals surface area contributed by atoms with Crippen LogP contribution in [0, 0.1) is 0 Å². The van der Waals surface area contributed by atoms with Crippen LogP contribution in [0.25, 0.3) is 6.08 Å². The zero-order chi connectivity index (χ0) is 40.5. The van der Waals surface area contributed by atoms with Gasteiger partial charge < -0.3 is 34.6 Å². The molecule has 10 heteroatoms. The van der Waals surface area contributed by atoms with Gasteiger partial charge in [0.1, 0.15) is 30.1 Å². The van der Waals surface area contributed by atoms with E-state index < -0.39 is 47.9 Å². The molecular formula is C48H46N2O8. The summed E-state index contributed by atoms with van der Waals surface area (Å²) in [5, 5.41) is 22.2. The van der Waals surface area contributed by atoms with E-state index in [2.05, 4.69) is 5.32 Å². The molecule has 0 aromatic heterocycles. The molecule has 1 aliphatic heterocycles. The normalized spacial score (nSPS) is 18.8. The van der Waals surface area contributed by atoms with Gasteiger partial charge in [0.2, 0.25) is 17.6 Å². The number of carbonyl (C=O) groups is 3. The average Bonchev–Trinajstić information content (AvgIpc) is 3.67. The third-order valence-corrected chi connectivity index (χ3v) is 10.5. The van der Waals surface area contributed by atoms with Crippen molar-refractivity contribution in [3.63, 3.8) is 0 Å². The van der Waals surface area contributed by atoms with Gasteiger partial charge in [0, 0.05) is 43.1 Å². The van der Waals surface area contributed by atoms with E-state index in [0.29, 0.717) is 17.6 Å². The molecule has 296 valence electrons. The van der Waals surface area contributed by atoms with E-state index in [1.54, 1.807) is 37.4 Å². The van der Waals surface area contributed by atoms with Gasteiger partial charge in [-0.1, -0.05) is 133 Å². The van der Waals surface area contributed by atoms with Crippen molar-refractivity contribution in [3.8, 4) is 5.75 Å². The van der Waals surface area contributed by atoms with Crippen molar-refractivity contribution in [2.24, 2.45) is 0 Å². The topological polar surface area (TPSA) is 135 Å². The minimum Gasteiger partial charge on any atom is -0.508 e. The molecule has 1 aliphatic carbocycles. The summed E-state index contributed by atoms with van der Waals surface area (Å²) in [6.45, 7) is -0.206. The van der Waals surface area contributed by atoms with E-state index in [1.165, 1.54) is 4.90 Å². The molecule has 10 nitrogen and oxygen atoms in total. The van der Waals surface area contributed by atoms with Crippen LogP contribution in [0.1, 0.15) is 44.6 Å². The molecule has 1 heterocycles. The van der Waals surface area contributed by atoms with E-state index in [9.17, 15) is 24.6 Å². The largest absolute Gasteiger partial charge is 0.508 e. The summed E-state index contributed by atoms with van der Waals surface area (Å²) in [4.78, 5) is 43.3. The molecule has 0 spiro atoms. The number of nitrogens with zero attached hydrogens (tertiary/aromatic N) is 1. The number of esters is 1. The highest BCUT2D eigenvalue weighted by Crippen LogP contribution is 2.47. The molecular weight excluding hydrogens is 733 g/mol. The van der Waals surface area contributed by atoms with Crippen LogP contribution in [-0.2, 0) is 42.4 Å². The van der Waals surface area contributed by atoms with Crippen LogP contribution in [0.2, 0.25) is 0 Å². The van der Waals surface area contributed by atoms with Crippen LogP contribution in [0.3, 0.4) is 0 Å². The smallest absolute Gasteiger partial charge is 0.338 e. The van der Waals surface area contributed by atoms with Gasteiger partial charge in [-0.3, -0.25) is 9.59 Å². The first-order valence-electron chi connectivity index (χ1n) is 19.4. The number of hydrogen-bond acceptors (Lipinski definition) is 8. The average molecular weight is 779 g/mol. The van der Waals surface area contributed by atoms with E-state index >= 15 is 0 Å². The van der Waals surface area contributed by atoms with Crippen LogP contribution >= 0.6 is 0 Å². The standard InChI is InChI=1S/C48H46N2O8/c1-50(40(45(53)49-28-29-51)30-34-14-5-2-6-15-34)46(54)37-31-42(56-47(55)36-26-24-33(25-27-36)16-13-18-35-17-11-12-23-41(35)52)44-43(32-37)57-48(58-44,38-19-7-3-8-20-38)39-21-9-4-10-22-39/h2-17,19-27,32,40,42-44,51-52H,18,28-31H2,1H3,(H,49,53)/t40-,42-,43-,44+/m1/s1. The van der Waals surface area contributed by atoms with Crippen LogP contribution in [0.4, 0.5) is 0 Å². The zero-order valence-corrected chi connectivity index (χ0v) is 32.1. The molecule has 5 aromatic rings. The number of allylic oxidation sites excluding steroid dienone is 1. The number of benzene rings is 5. The molecule has 7 rings (SSSR count). The molecule has 4 atom stereocenters. The van der Waals surface area contributed by atoms with Crippen LogP contribution in [0.5, 0.6) is 5.75 Å². The fraction of sp³-hybridized carbons (Fsp3) is 0.229. The van der Waals surface area contributed by atoms with Crippen molar-refractivity contribution in [2.45, 2.75) is 49.4 Å². The number of carbonyl (C=O) groups excluding carboxylic acids is 3. The summed E-state index contributed by atoms with van der Waals surface area (Å²) >= 11 is 0. The predicted molar refractivity (Wildman–Crippen MR) is 219 cm³/mol. The van der Waals surface area contributed by atoms with Gasteiger partial charge in [0.25, 0.3) is 0 Å². The van der Waals surface area contributed by atoms with Gasteiger partial charge in [-0.25, -0.2) is 4.79 Å². The van der Waals surface area contributed by atoms with Gasteiger partial charge in [-0.2, -0.15) is 0 Å². The fourth-order valence-corrected chi connectivity index (χ4v) is 7.43. The van der Waals surface area contributed by atoms with Gasteiger partial charge >= 0.3 is 5.97 Å². The number of phenols is 1. The summed E-state index contributed by atoms with van der Waals surface area (Å²) < 4.78 is 20.0. The zero-order valence-electron chi connectivity index (χ0n) is 32.1. The van der Waals surface area contributed by atoms with Crippen molar-refractivity contribution in [3.05, 3.63) is 191 Å². The lowest BCUT2D eigenvalue weighted by atomic mass is 9.90. The molecule has 2 amide bonds. The Balaban J connectivity index is 1.18. The Labute approximate surface area is 338 Å². The maximum Gasteiger partial charge on any atom is 0.338 e. The molecule has 0 saturated carbocycles. The number of aliphatic hydroxyl groups is 1. The van der Waals surface area contributed by atoms with Crippen molar-refractivity contribution >= 4 is 23.9 Å². The number of fused-ring (bicyclic) bond motifs is 1. The lowest BCUT2D eigenvalue weighted by Crippen LogP contribution is -2.51. The first-order chi connectivity index (χ1) is 28.3. The summed E-state index contributed by atoms with van der Waals surface area (Å²) in [6.07, 6.45) is 3.81. The Morgan fingerprint density at radius 1 is 0.845 bits per heavy atom. The predicted octanol–water partition coefficient (Wildman–Crippen LogP) is 6.37. The molecule has 5 aromatic carbocycles. The summed E-state index contributed by atoms with van der Waals surface area (Å²) in [5.74, 6) is -2.58. The third kappa shape index (κ3) is 8.95. The van der Waals surface area contributed by atoms with Crippen molar-refractivity contribution < 1.29 is 38.8 Å². The number of para-hydroxylation sites is 1. The Hall–Kier alpha value is -6.33. The molecule has 1 fully saturated rings. The number of nitrogens with one attached hydrogen (secondary N) is 1. The Bertz CT molecular complexity index is 2200. The Morgan fingerprint density at radius 2 is 1.47 bits per heavy atom. The lowest BCUT2D eigenvalue weighted by molar-refractivity contribution is -0.157. The number of hydrogen-bond donors (Lipinski definition) is 3.